The van der Waals surface area contributed by atoms with Crippen LogP contribution in [0.2, 0.25) is 0 Å². The van der Waals surface area contributed by atoms with Gasteiger partial charge >= 0.3 is 0 Å². The van der Waals surface area contributed by atoms with E-state index in [0.29, 0.717) is 31.5 Å². The molecular weight excluding hydrogens is 338 g/mol. The summed E-state index contributed by atoms with van der Waals surface area (Å²) in [5, 5.41) is 3.01. The van der Waals surface area contributed by atoms with Crippen molar-refractivity contribution in [2.24, 2.45) is 5.92 Å². The van der Waals surface area contributed by atoms with Gasteiger partial charge in [0.2, 0.25) is 5.91 Å². The molecule has 1 aliphatic heterocycles. The maximum atomic E-state index is 12.6. The molecule has 2 heterocycles. The molecule has 1 aromatic carbocycles. The van der Waals surface area contributed by atoms with Crippen LogP contribution >= 0.6 is 0 Å². The van der Waals surface area contributed by atoms with E-state index in [1.54, 1.807) is 29.4 Å². The van der Waals surface area contributed by atoms with Crippen LogP contribution in [0.4, 0.5) is 5.69 Å². The summed E-state index contributed by atoms with van der Waals surface area (Å²) in [5.74, 6) is -0.0445. The standard InChI is InChI=1S/C22H27N3O2/c1-22(2,3)18-6-8-19(9-7-18)24-20(26)16-10-13-25(14-11-16)21(27)17-5-4-12-23-15-17/h4-9,12,15-16H,10-11,13-14H2,1-3H3,(H,24,26). The highest BCUT2D eigenvalue weighted by molar-refractivity contribution is 5.95. The smallest absolute Gasteiger partial charge is 0.255 e. The van der Waals surface area contributed by atoms with Gasteiger partial charge < -0.3 is 10.2 Å². The van der Waals surface area contributed by atoms with Crippen molar-refractivity contribution in [1.82, 2.24) is 9.88 Å². The molecule has 1 aliphatic rings. The minimum atomic E-state index is -0.0646. The molecule has 5 heteroatoms. The normalized spacial score (nSPS) is 15.4. The Morgan fingerprint density at radius 3 is 2.30 bits per heavy atom. The van der Waals surface area contributed by atoms with E-state index >= 15 is 0 Å². The fourth-order valence-corrected chi connectivity index (χ4v) is 3.31. The summed E-state index contributed by atoms with van der Waals surface area (Å²) < 4.78 is 0. The van der Waals surface area contributed by atoms with Gasteiger partial charge in [-0.25, -0.2) is 0 Å². The van der Waals surface area contributed by atoms with Crippen LogP contribution in [0.1, 0.15) is 49.5 Å². The first-order valence-corrected chi connectivity index (χ1v) is 9.45. The van der Waals surface area contributed by atoms with Crippen molar-refractivity contribution < 1.29 is 9.59 Å². The lowest BCUT2D eigenvalue weighted by Crippen LogP contribution is -2.41. The number of hydrogen-bond donors (Lipinski definition) is 1. The molecule has 2 aromatic rings. The Kier molecular flexibility index (Phi) is 5.59. The van der Waals surface area contributed by atoms with E-state index in [1.807, 2.05) is 12.1 Å². The van der Waals surface area contributed by atoms with Gasteiger partial charge in [-0.3, -0.25) is 14.6 Å². The van der Waals surface area contributed by atoms with Gasteiger partial charge in [-0.05, 0) is 48.1 Å². The molecular formula is C22H27N3O2. The van der Waals surface area contributed by atoms with Crippen LogP contribution < -0.4 is 5.32 Å². The minimum absolute atomic E-state index is 0.0141. The second-order valence-corrected chi connectivity index (χ2v) is 8.12. The van der Waals surface area contributed by atoms with Gasteiger partial charge in [0.1, 0.15) is 0 Å². The molecule has 1 saturated heterocycles. The topological polar surface area (TPSA) is 62.3 Å². The predicted molar refractivity (Wildman–Crippen MR) is 107 cm³/mol. The molecule has 0 unspecified atom stereocenters. The summed E-state index contributed by atoms with van der Waals surface area (Å²) in [6.07, 6.45) is 4.60. The Morgan fingerprint density at radius 1 is 1.07 bits per heavy atom. The largest absolute Gasteiger partial charge is 0.339 e. The number of carbonyl (C=O) groups excluding carboxylic acids is 2. The number of amides is 2. The molecule has 3 rings (SSSR count). The Bertz CT molecular complexity index is 787. The van der Waals surface area contributed by atoms with Crippen LogP contribution in [0.15, 0.2) is 48.8 Å². The van der Waals surface area contributed by atoms with Gasteiger partial charge in [0.25, 0.3) is 5.91 Å². The number of anilines is 1. The number of hydrogen-bond acceptors (Lipinski definition) is 3. The number of pyridine rings is 1. The number of carbonyl (C=O) groups is 2. The zero-order chi connectivity index (χ0) is 19.4. The van der Waals surface area contributed by atoms with Crippen molar-refractivity contribution in [2.45, 2.75) is 39.0 Å². The summed E-state index contributed by atoms with van der Waals surface area (Å²) in [6.45, 7) is 7.69. The highest BCUT2D eigenvalue weighted by Gasteiger charge is 2.28. The van der Waals surface area contributed by atoms with Gasteiger partial charge in [0.05, 0.1) is 5.56 Å². The first kappa shape index (κ1) is 19.1. The zero-order valence-corrected chi connectivity index (χ0v) is 16.2. The van der Waals surface area contributed by atoms with Crippen molar-refractivity contribution >= 4 is 17.5 Å². The molecule has 1 fully saturated rings. The predicted octanol–water partition coefficient (Wildman–Crippen LogP) is 3.87. The third-order valence-electron chi connectivity index (χ3n) is 5.08. The lowest BCUT2D eigenvalue weighted by Gasteiger charge is -2.31. The first-order chi connectivity index (χ1) is 12.8. The van der Waals surface area contributed by atoms with Crippen molar-refractivity contribution in [3.63, 3.8) is 0 Å². The van der Waals surface area contributed by atoms with E-state index < -0.39 is 0 Å². The summed E-state index contributed by atoms with van der Waals surface area (Å²) in [7, 11) is 0. The summed E-state index contributed by atoms with van der Waals surface area (Å²) in [5.41, 5.74) is 2.75. The van der Waals surface area contributed by atoms with Crippen molar-refractivity contribution in [1.29, 1.82) is 0 Å². The molecule has 0 atom stereocenters. The van der Waals surface area contributed by atoms with E-state index in [-0.39, 0.29) is 23.1 Å². The third-order valence-corrected chi connectivity index (χ3v) is 5.08. The Hall–Kier alpha value is -2.69. The molecule has 5 nitrogen and oxygen atoms in total. The minimum Gasteiger partial charge on any atom is -0.339 e. The molecule has 1 aromatic heterocycles. The highest BCUT2D eigenvalue weighted by Crippen LogP contribution is 2.25. The maximum Gasteiger partial charge on any atom is 0.255 e. The lowest BCUT2D eigenvalue weighted by atomic mass is 9.87. The Labute approximate surface area is 160 Å². The van der Waals surface area contributed by atoms with E-state index in [9.17, 15) is 9.59 Å². The van der Waals surface area contributed by atoms with Gasteiger partial charge in [-0.1, -0.05) is 32.9 Å². The monoisotopic (exact) mass is 365 g/mol. The van der Waals surface area contributed by atoms with Crippen LogP contribution in [0.3, 0.4) is 0 Å². The van der Waals surface area contributed by atoms with Crippen LogP contribution in [0.5, 0.6) is 0 Å². The van der Waals surface area contributed by atoms with E-state index in [2.05, 4.69) is 43.2 Å². The van der Waals surface area contributed by atoms with Crippen LogP contribution in [-0.4, -0.2) is 34.8 Å². The number of piperidine rings is 1. The summed E-state index contributed by atoms with van der Waals surface area (Å²) in [6, 6.07) is 11.6. The number of likely N-dealkylation sites (tertiary alicyclic amines) is 1. The second-order valence-electron chi connectivity index (χ2n) is 8.12. The van der Waals surface area contributed by atoms with Gasteiger partial charge in [-0.15, -0.1) is 0 Å². The first-order valence-electron chi connectivity index (χ1n) is 9.45. The van der Waals surface area contributed by atoms with E-state index in [0.717, 1.165) is 5.69 Å². The zero-order valence-electron chi connectivity index (χ0n) is 16.2. The van der Waals surface area contributed by atoms with Crippen molar-refractivity contribution in [2.75, 3.05) is 18.4 Å². The molecule has 0 aliphatic carbocycles. The van der Waals surface area contributed by atoms with Gasteiger partial charge in [-0.2, -0.15) is 0 Å². The molecule has 0 saturated carbocycles. The van der Waals surface area contributed by atoms with E-state index in [1.165, 1.54) is 5.56 Å². The van der Waals surface area contributed by atoms with Crippen molar-refractivity contribution in [3.8, 4) is 0 Å². The quantitative estimate of drug-likeness (QED) is 0.898. The number of benzene rings is 1. The number of rotatable bonds is 3. The van der Waals surface area contributed by atoms with Crippen molar-refractivity contribution in [3.05, 3.63) is 59.9 Å². The average molecular weight is 365 g/mol. The number of aromatic nitrogens is 1. The third kappa shape index (κ3) is 4.73. The molecule has 1 N–H and O–H groups in total. The molecule has 0 radical (unpaired) electrons. The molecule has 2 amide bonds. The fraction of sp³-hybridized carbons (Fsp3) is 0.409. The van der Waals surface area contributed by atoms with E-state index in [4.69, 9.17) is 0 Å². The van der Waals surface area contributed by atoms with Gasteiger partial charge in [0.15, 0.2) is 0 Å². The fourth-order valence-electron chi connectivity index (χ4n) is 3.31. The summed E-state index contributed by atoms with van der Waals surface area (Å²) in [4.78, 5) is 30.8. The van der Waals surface area contributed by atoms with Gasteiger partial charge in [0, 0.05) is 37.1 Å². The second kappa shape index (κ2) is 7.91. The lowest BCUT2D eigenvalue weighted by molar-refractivity contribution is -0.121. The van der Waals surface area contributed by atoms with Crippen LogP contribution in [-0.2, 0) is 10.2 Å². The molecule has 0 bridgehead atoms. The highest BCUT2D eigenvalue weighted by atomic mass is 16.2. The maximum absolute atomic E-state index is 12.6. The van der Waals surface area contributed by atoms with Crippen LogP contribution in [0, 0.1) is 5.92 Å². The Morgan fingerprint density at radius 2 is 1.74 bits per heavy atom. The Balaban J connectivity index is 1.53. The molecule has 27 heavy (non-hydrogen) atoms. The molecule has 0 spiro atoms. The SMILES string of the molecule is CC(C)(C)c1ccc(NC(=O)C2CCN(C(=O)c3cccnc3)CC2)cc1. The average Bonchev–Trinajstić information content (AvgIpc) is 2.68. The molecule has 142 valence electrons. The number of nitrogens with one attached hydrogen (secondary N) is 1. The summed E-state index contributed by atoms with van der Waals surface area (Å²) >= 11 is 0. The number of nitrogens with zero attached hydrogens (tertiary/aromatic N) is 2. The van der Waals surface area contributed by atoms with Crippen LogP contribution in [0.25, 0.3) is 0 Å².